The van der Waals surface area contributed by atoms with E-state index in [0.717, 1.165) is 5.56 Å². The average Bonchev–Trinajstić information content (AvgIpc) is 2.42. The Hall–Kier alpha value is -2.08. The van der Waals surface area contributed by atoms with Gasteiger partial charge in [-0.15, -0.1) is 0 Å². The Morgan fingerprint density at radius 3 is 2.43 bits per heavy atom. The number of nitrogens with zero attached hydrogens (tertiary/aromatic N) is 2. The van der Waals surface area contributed by atoms with Crippen molar-refractivity contribution in [1.82, 2.24) is 4.90 Å². The normalized spacial score (nSPS) is 13.8. The summed E-state index contributed by atoms with van der Waals surface area (Å²) in [5, 5.41) is 21.7. The highest BCUT2D eigenvalue weighted by Gasteiger charge is 2.29. The van der Waals surface area contributed by atoms with Gasteiger partial charge in [0.1, 0.15) is 5.92 Å². The van der Waals surface area contributed by atoms with Gasteiger partial charge in [0.2, 0.25) is 5.91 Å². The number of oxime groups is 1. The lowest BCUT2D eigenvalue weighted by Crippen LogP contribution is -2.46. The van der Waals surface area contributed by atoms with Gasteiger partial charge in [-0.2, -0.15) is 0 Å². The third-order valence-electron chi connectivity index (χ3n) is 3.05. The molecule has 0 fully saturated rings. The van der Waals surface area contributed by atoms with Gasteiger partial charge in [0, 0.05) is 13.6 Å². The van der Waals surface area contributed by atoms with Crippen molar-refractivity contribution in [1.29, 1.82) is 0 Å². The molecule has 1 rings (SSSR count). The first kappa shape index (κ1) is 17.0. The molecule has 1 aromatic carbocycles. The van der Waals surface area contributed by atoms with Crippen LogP contribution < -0.4 is 5.73 Å². The van der Waals surface area contributed by atoms with Crippen molar-refractivity contribution in [2.45, 2.75) is 25.9 Å². The van der Waals surface area contributed by atoms with Crippen LogP contribution in [0.2, 0.25) is 0 Å². The second-order valence-corrected chi connectivity index (χ2v) is 5.77. The molecule has 0 spiro atoms. The van der Waals surface area contributed by atoms with Crippen LogP contribution in [0.3, 0.4) is 0 Å². The van der Waals surface area contributed by atoms with Gasteiger partial charge in [-0.3, -0.25) is 4.79 Å². The van der Waals surface area contributed by atoms with Gasteiger partial charge in [-0.1, -0.05) is 35.5 Å². The van der Waals surface area contributed by atoms with Crippen molar-refractivity contribution in [2.75, 3.05) is 13.6 Å². The SMILES string of the molecule is CN(CC(C)(C)O)C(=O)C(Cc1ccccc1)C(N)=NO. The lowest BCUT2D eigenvalue weighted by atomic mass is 9.96. The molecule has 0 radical (unpaired) electrons. The minimum atomic E-state index is -1.01. The van der Waals surface area contributed by atoms with Crippen LogP contribution in [0.4, 0.5) is 0 Å². The first-order chi connectivity index (χ1) is 9.74. The van der Waals surface area contributed by atoms with Crippen molar-refractivity contribution in [3.63, 3.8) is 0 Å². The fraction of sp³-hybridized carbons (Fsp3) is 0.467. The number of nitrogens with two attached hydrogens (primary N) is 1. The van der Waals surface area contributed by atoms with E-state index >= 15 is 0 Å². The number of hydrogen-bond acceptors (Lipinski definition) is 4. The molecule has 6 nitrogen and oxygen atoms in total. The molecule has 0 saturated carbocycles. The van der Waals surface area contributed by atoms with Crippen LogP contribution in [-0.2, 0) is 11.2 Å². The Labute approximate surface area is 124 Å². The molecular formula is C15H23N3O3. The van der Waals surface area contributed by atoms with Crippen LogP contribution in [0.1, 0.15) is 19.4 Å². The highest BCUT2D eigenvalue weighted by Crippen LogP contribution is 2.14. The van der Waals surface area contributed by atoms with Crippen LogP contribution in [0.25, 0.3) is 0 Å². The maximum absolute atomic E-state index is 12.5. The molecule has 0 saturated heterocycles. The molecule has 0 bridgehead atoms. The highest BCUT2D eigenvalue weighted by atomic mass is 16.4. The van der Waals surface area contributed by atoms with Gasteiger partial charge in [0.05, 0.1) is 5.60 Å². The second kappa shape index (κ2) is 7.08. The van der Waals surface area contributed by atoms with E-state index in [0.29, 0.717) is 6.42 Å². The van der Waals surface area contributed by atoms with E-state index < -0.39 is 11.5 Å². The molecule has 0 heterocycles. The lowest BCUT2D eigenvalue weighted by molar-refractivity contribution is -0.134. The van der Waals surface area contributed by atoms with Crippen molar-refractivity contribution >= 4 is 11.7 Å². The van der Waals surface area contributed by atoms with E-state index in [1.165, 1.54) is 4.90 Å². The molecule has 0 aliphatic heterocycles. The Balaban J connectivity index is 2.90. The zero-order chi connectivity index (χ0) is 16.0. The minimum absolute atomic E-state index is 0.133. The molecule has 1 amide bonds. The first-order valence-electron chi connectivity index (χ1n) is 6.73. The van der Waals surface area contributed by atoms with Crippen molar-refractivity contribution < 1.29 is 15.1 Å². The molecule has 6 heteroatoms. The second-order valence-electron chi connectivity index (χ2n) is 5.77. The smallest absolute Gasteiger partial charge is 0.233 e. The number of carbonyl (C=O) groups excluding carboxylic acids is 1. The van der Waals surface area contributed by atoms with Crippen molar-refractivity contribution in [3.8, 4) is 0 Å². The summed E-state index contributed by atoms with van der Waals surface area (Å²) < 4.78 is 0. The first-order valence-corrected chi connectivity index (χ1v) is 6.73. The summed E-state index contributed by atoms with van der Waals surface area (Å²) in [4.78, 5) is 13.9. The number of likely N-dealkylation sites (N-methyl/N-ethyl adjacent to an activating group) is 1. The number of rotatable bonds is 6. The quantitative estimate of drug-likeness (QED) is 0.313. The van der Waals surface area contributed by atoms with Crippen LogP contribution in [-0.4, -0.2) is 46.1 Å². The fourth-order valence-corrected chi connectivity index (χ4v) is 2.16. The summed E-state index contributed by atoms with van der Waals surface area (Å²) >= 11 is 0. The molecule has 1 aromatic rings. The Morgan fingerprint density at radius 1 is 1.38 bits per heavy atom. The molecule has 0 aliphatic rings. The van der Waals surface area contributed by atoms with Gasteiger partial charge < -0.3 is 20.9 Å². The molecule has 1 unspecified atom stereocenters. The third kappa shape index (κ3) is 5.43. The Morgan fingerprint density at radius 2 is 1.95 bits per heavy atom. The summed E-state index contributed by atoms with van der Waals surface area (Å²) in [6.45, 7) is 3.40. The molecule has 0 aromatic heterocycles. The maximum Gasteiger partial charge on any atom is 0.233 e. The molecule has 4 N–H and O–H groups in total. The zero-order valence-electron chi connectivity index (χ0n) is 12.7. The third-order valence-corrected chi connectivity index (χ3v) is 3.05. The molecular weight excluding hydrogens is 270 g/mol. The van der Waals surface area contributed by atoms with E-state index in [2.05, 4.69) is 5.16 Å². The van der Waals surface area contributed by atoms with Crippen LogP contribution in [0.5, 0.6) is 0 Å². The van der Waals surface area contributed by atoms with E-state index in [1.807, 2.05) is 30.3 Å². The minimum Gasteiger partial charge on any atom is -0.409 e. The van der Waals surface area contributed by atoms with Gasteiger partial charge >= 0.3 is 0 Å². The summed E-state index contributed by atoms with van der Waals surface area (Å²) in [6, 6.07) is 9.36. The van der Waals surface area contributed by atoms with Crippen molar-refractivity contribution in [2.24, 2.45) is 16.8 Å². The van der Waals surface area contributed by atoms with Crippen molar-refractivity contribution in [3.05, 3.63) is 35.9 Å². The Bertz CT molecular complexity index is 495. The van der Waals surface area contributed by atoms with Gasteiger partial charge in [-0.25, -0.2) is 0 Å². The van der Waals surface area contributed by atoms with Crippen LogP contribution >= 0.6 is 0 Å². The van der Waals surface area contributed by atoms with Crippen LogP contribution in [0.15, 0.2) is 35.5 Å². The molecule has 116 valence electrons. The monoisotopic (exact) mass is 293 g/mol. The van der Waals surface area contributed by atoms with E-state index in [-0.39, 0.29) is 18.3 Å². The predicted molar refractivity (Wildman–Crippen MR) is 81.0 cm³/mol. The molecule has 0 aliphatic carbocycles. The summed E-state index contributed by atoms with van der Waals surface area (Å²) in [5.41, 5.74) is 5.57. The number of amidine groups is 1. The fourth-order valence-electron chi connectivity index (χ4n) is 2.16. The van der Waals surface area contributed by atoms with Gasteiger partial charge in [0.15, 0.2) is 5.84 Å². The van der Waals surface area contributed by atoms with Crippen LogP contribution in [0, 0.1) is 5.92 Å². The number of hydrogen-bond donors (Lipinski definition) is 3. The standard InChI is InChI=1S/C15H23N3O3/c1-15(2,20)10-18(3)14(19)12(13(16)17-21)9-11-7-5-4-6-8-11/h4-8,12,20-21H,9-10H2,1-3H3,(H2,16,17). The topological polar surface area (TPSA) is 99.2 Å². The van der Waals surface area contributed by atoms with Gasteiger partial charge in [-0.05, 0) is 25.8 Å². The maximum atomic E-state index is 12.5. The van der Waals surface area contributed by atoms with Gasteiger partial charge in [0.25, 0.3) is 0 Å². The number of amides is 1. The lowest BCUT2D eigenvalue weighted by Gasteiger charge is -2.28. The van der Waals surface area contributed by atoms with E-state index in [4.69, 9.17) is 10.9 Å². The summed E-state index contributed by atoms with van der Waals surface area (Å²) in [7, 11) is 1.59. The van der Waals surface area contributed by atoms with E-state index in [1.54, 1.807) is 20.9 Å². The number of carbonyl (C=O) groups is 1. The molecule has 21 heavy (non-hydrogen) atoms. The summed E-state index contributed by atoms with van der Waals surface area (Å²) in [5.74, 6) is -1.19. The Kier molecular flexibility index (Phi) is 5.72. The largest absolute Gasteiger partial charge is 0.409 e. The number of aliphatic hydroxyl groups is 1. The highest BCUT2D eigenvalue weighted by molar-refractivity contribution is 6.02. The predicted octanol–water partition coefficient (Wildman–Crippen LogP) is 0.821. The summed E-state index contributed by atoms with van der Waals surface area (Å²) in [6.07, 6.45) is 0.339. The van der Waals surface area contributed by atoms with E-state index in [9.17, 15) is 9.90 Å². The average molecular weight is 293 g/mol. The number of benzene rings is 1. The zero-order valence-corrected chi connectivity index (χ0v) is 12.7. The molecule has 1 atom stereocenters.